The van der Waals surface area contributed by atoms with Gasteiger partial charge in [0.25, 0.3) is 0 Å². The third-order valence-electron chi connectivity index (χ3n) is 3.65. The fourth-order valence-corrected chi connectivity index (χ4v) is 2.78. The maximum Gasteiger partial charge on any atom is 0.348 e. The first kappa shape index (κ1) is 20.8. The molecule has 26 heavy (non-hydrogen) atoms. The van der Waals surface area contributed by atoms with Crippen LogP contribution in [-0.4, -0.2) is 73.5 Å². The Morgan fingerprint density at radius 1 is 1.19 bits per heavy atom. The smallest absolute Gasteiger partial charge is 0.348 e. The third-order valence-corrected chi connectivity index (χ3v) is 4.93. The Morgan fingerprint density at radius 3 is 2.46 bits per heavy atom. The van der Waals surface area contributed by atoms with Gasteiger partial charge >= 0.3 is 11.9 Å². The van der Waals surface area contributed by atoms with E-state index in [0.29, 0.717) is 9.99 Å². The van der Waals surface area contributed by atoms with Crippen LogP contribution < -0.4 is 0 Å². The van der Waals surface area contributed by atoms with E-state index in [1.165, 1.54) is 6.20 Å². The number of hydrogen-bond donors (Lipinski definition) is 6. The SMILES string of the molecule is O=C(OC(=O)[C@H](O)[C@@H](O)[C@H](O)[C@H](O)CO)c1c[nH]c2ccc(Br)c(Cl)c12. The van der Waals surface area contributed by atoms with Crippen molar-refractivity contribution in [2.75, 3.05) is 6.61 Å². The van der Waals surface area contributed by atoms with E-state index in [-0.39, 0.29) is 16.0 Å². The molecule has 4 atom stereocenters. The number of aliphatic hydroxyl groups excluding tert-OH is 5. The third kappa shape index (κ3) is 4.07. The molecule has 2 rings (SSSR count). The van der Waals surface area contributed by atoms with Crippen LogP contribution in [0.15, 0.2) is 22.8 Å². The molecule has 0 spiro atoms. The zero-order valence-corrected chi connectivity index (χ0v) is 15.3. The van der Waals surface area contributed by atoms with Gasteiger partial charge in [0.05, 0.1) is 17.2 Å². The molecule has 1 heterocycles. The molecule has 142 valence electrons. The summed E-state index contributed by atoms with van der Waals surface area (Å²) in [5, 5.41) is 47.2. The minimum absolute atomic E-state index is 0.0859. The van der Waals surface area contributed by atoms with E-state index in [1.807, 2.05) is 0 Å². The molecular formula is C15H15BrClNO8. The monoisotopic (exact) mass is 451 g/mol. The Bertz CT molecular complexity index is 825. The lowest BCUT2D eigenvalue weighted by molar-refractivity contribution is -0.164. The number of halogens is 2. The van der Waals surface area contributed by atoms with Gasteiger partial charge in [-0.2, -0.15) is 0 Å². The number of H-pyrrole nitrogens is 1. The molecule has 1 aromatic heterocycles. The van der Waals surface area contributed by atoms with Crippen LogP contribution in [0.1, 0.15) is 10.4 Å². The van der Waals surface area contributed by atoms with Gasteiger partial charge in [0, 0.05) is 21.6 Å². The maximum atomic E-state index is 12.2. The van der Waals surface area contributed by atoms with Crippen molar-refractivity contribution in [3.8, 4) is 0 Å². The van der Waals surface area contributed by atoms with E-state index in [1.54, 1.807) is 12.1 Å². The van der Waals surface area contributed by atoms with Crippen molar-refractivity contribution in [3.63, 3.8) is 0 Å². The number of aromatic amines is 1. The molecule has 11 heteroatoms. The topological polar surface area (TPSA) is 160 Å². The van der Waals surface area contributed by atoms with Crippen molar-refractivity contribution in [2.24, 2.45) is 0 Å². The lowest BCUT2D eigenvalue weighted by Gasteiger charge is -2.24. The van der Waals surface area contributed by atoms with Crippen LogP contribution in [0.5, 0.6) is 0 Å². The molecule has 6 N–H and O–H groups in total. The molecule has 0 bridgehead atoms. The summed E-state index contributed by atoms with van der Waals surface area (Å²) in [5.74, 6) is -2.70. The summed E-state index contributed by atoms with van der Waals surface area (Å²) in [6.07, 6.45) is -7.09. The molecular weight excluding hydrogens is 438 g/mol. The number of ether oxygens (including phenoxy) is 1. The Labute approximate surface area is 159 Å². The fourth-order valence-electron chi connectivity index (χ4n) is 2.19. The summed E-state index contributed by atoms with van der Waals surface area (Å²) in [5.41, 5.74) is 0.414. The van der Waals surface area contributed by atoms with Crippen molar-refractivity contribution >= 4 is 50.4 Å². The van der Waals surface area contributed by atoms with Crippen LogP contribution >= 0.6 is 27.5 Å². The minimum atomic E-state index is -2.33. The van der Waals surface area contributed by atoms with E-state index < -0.39 is 43.0 Å². The lowest BCUT2D eigenvalue weighted by Crippen LogP contribution is -2.49. The van der Waals surface area contributed by atoms with Crippen molar-refractivity contribution in [2.45, 2.75) is 24.4 Å². The van der Waals surface area contributed by atoms with Gasteiger partial charge in [0.1, 0.15) is 18.3 Å². The van der Waals surface area contributed by atoms with E-state index in [4.69, 9.17) is 16.7 Å². The quantitative estimate of drug-likeness (QED) is 0.257. The Balaban J connectivity index is 2.17. The van der Waals surface area contributed by atoms with Gasteiger partial charge in [-0.3, -0.25) is 0 Å². The van der Waals surface area contributed by atoms with Crippen LogP contribution in [0.3, 0.4) is 0 Å². The summed E-state index contributed by atoms with van der Waals surface area (Å²) < 4.78 is 5.01. The number of nitrogens with one attached hydrogen (secondary N) is 1. The molecule has 1 aromatic carbocycles. The molecule has 9 nitrogen and oxygen atoms in total. The van der Waals surface area contributed by atoms with Gasteiger partial charge in [-0.25, -0.2) is 9.59 Å². The Hall–Kier alpha value is -1.53. The molecule has 0 fully saturated rings. The number of carbonyl (C=O) groups is 2. The zero-order valence-electron chi connectivity index (χ0n) is 13.0. The highest BCUT2D eigenvalue weighted by atomic mass is 79.9. The molecule has 0 aliphatic rings. The standard InChI is InChI=1S/C15H15BrClNO8/c16-6-1-2-7-9(10(6)17)5(3-18-7)14(24)26-15(25)13(23)12(22)11(21)8(20)4-19/h1-3,8,11-13,18-23H,4H2/t8-,11-,12+,13-/m1/s1. The number of hydrogen-bond acceptors (Lipinski definition) is 8. The summed E-state index contributed by atoms with van der Waals surface area (Å²) in [6.45, 7) is -0.915. The molecule has 0 unspecified atom stereocenters. The number of benzene rings is 1. The first-order chi connectivity index (χ1) is 12.2. The number of esters is 2. The molecule has 2 aromatic rings. The predicted molar refractivity (Wildman–Crippen MR) is 92.5 cm³/mol. The minimum Gasteiger partial charge on any atom is -0.394 e. The highest BCUT2D eigenvalue weighted by Gasteiger charge is 2.36. The summed E-state index contributed by atoms with van der Waals surface area (Å²) in [6, 6.07) is 3.28. The number of aromatic nitrogens is 1. The molecule has 0 saturated heterocycles. The van der Waals surface area contributed by atoms with Crippen molar-refractivity contribution in [1.29, 1.82) is 0 Å². The molecule has 0 amide bonds. The number of aliphatic hydroxyl groups is 5. The summed E-state index contributed by atoms with van der Waals surface area (Å²) in [7, 11) is 0. The van der Waals surface area contributed by atoms with Gasteiger partial charge in [-0.05, 0) is 28.1 Å². The van der Waals surface area contributed by atoms with Crippen LogP contribution in [0.4, 0.5) is 0 Å². The van der Waals surface area contributed by atoms with Crippen molar-refractivity contribution < 1.29 is 39.9 Å². The van der Waals surface area contributed by atoms with Gasteiger partial charge in [-0.1, -0.05) is 11.6 Å². The van der Waals surface area contributed by atoms with E-state index in [9.17, 15) is 30.0 Å². The first-order valence-electron chi connectivity index (χ1n) is 7.23. The predicted octanol–water partition coefficient (Wildman–Crippen LogP) is -0.297. The second-order valence-electron chi connectivity index (χ2n) is 5.37. The molecule has 0 saturated carbocycles. The highest BCUT2D eigenvalue weighted by Crippen LogP contribution is 2.33. The maximum absolute atomic E-state index is 12.2. The Morgan fingerprint density at radius 2 is 1.85 bits per heavy atom. The van der Waals surface area contributed by atoms with Gasteiger partial charge in [0.2, 0.25) is 0 Å². The lowest BCUT2D eigenvalue weighted by atomic mass is 10.0. The van der Waals surface area contributed by atoms with Gasteiger partial charge in [0.15, 0.2) is 6.10 Å². The van der Waals surface area contributed by atoms with Crippen molar-refractivity contribution in [1.82, 2.24) is 4.98 Å². The molecule has 0 radical (unpaired) electrons. The van der Waals surface area contributed by atoms with Crippen LogP contribution in [0.2, 0.25) is 5.02 Å². The van der Waals surface area contributed by atoms with Crippen LogP contribution in [-0.2, 0) is 9.53 Å². The largest absolute Gasteiger partial charge is 0.394 e. The van der Waals surface area contributed by atoms with Gasteiger partial charge in [-0.15, -0.1) is 0 Å². The fraction of sp³-hybridized carbons (Fsp3) is 0.333. The zero-order chi connectivity index (χ0) is 19.6. The molecule has 0 aliphatic heterocycles. The van der Waals surface area contributed by atoms with E-state index in [2.05, 4.69) is 25.7 Å². The first-order valence-corrected chi connectivity index (χ1v) is 8.40. The normalized spacial score (nSPS) is 16.1. The second kappa shape index (κ2) is 8.44. The van der Waals surface area contributed by atoms with Gasteiger partial charge < -0.3 is 35.3 Å². The van der Waals surface area contributed by atoms with Crippen LogP contribution in [0.25, 0.3) is 10.9 Å². The second-order valence-corrected chi connectivity index (χ2v) is 6.60. The average molecular weight is 453 g/mol. The van der Waals surface area contributed by atoms with E-state index in [0.717, 1.165) is 0 Å². The summed E-state index contributed by atoms with van der Waals surface area (Å²) in [4.78, 5) is 26.8. The average Bonchev–Trinajstić information content (AvgIpc) is 3.06. The van der Waals surface area contributed by atoms with Crippen molar-refractivity contribution in [3.05, 3.63) is 33.4 Å². The number of carbonyl (C=O) groups excluding carboxylic acids is 2. The Kier molecular flexibility index (Phi) is 6.74. The van der Waals surface area contributed by atoms with Crippen LogP contribution in [0, 0.1) is 0 Å². The highest BCUT2D eigenvalue weighted by molar-refractivity contribution is 9.10. The number of rotatable bonds is 6. The summed E-state index contributed by atoms with van der Waals surface area (Å²) >= 11 is 9.33. The number of fused-ring (bicyclic) bond motifs is 1. The molecule has 0 aliphatic carbocycles. The van der Waals surface area contributed by atoms with E-state index >= 15 is 0 Å².